The molecule has 1 rings (SSSR count). The third kappa shape index (κ3) is 4.40. The summed E-state index contributed by atoms with van der Waals surface area (Å²) in [6.07, 6.45) is 3.91. The standard InChI is InChI=1S/C13H29N3/c1-5-7-12(14-6-2)10-16-9-8-13(11-16)15(3)4/h12-14H,5-11H2,1-4H3. The number of hydrogen-bond donors (Lipinski definition) is 1. The van der Waals surface area contributed by atoms with Gasteiger partial charge in [0, 0.05) is 25.2 Å². The normalized spacial score (nSPS) is 24.2. The number of rotatable bonds is 7. The molecule has 1 aliphatic heterocycles. The van der Waals surface area contributed by atoms with Gasteiger partial charge in [0.2, 0.25) is 0 Å². The third-order valence-electron chi connectivity index (χ3n) is 3.59. The highest BCUT2D eigenvalue weighted by Gasteiger charge is 2.25. The van der Waals surface area contributed by atoms with Gasteiger partial charge < -0.3 is 15.1 Å². The van der Waals surface area contributed by atoms with Gasteiger partial charge >= 0.3 is 0 Å². The Balaban J connectivity index is 2.30. The summed E-state index contributed by atoms with van der Waals surface area (Å²) in [5.41, 5.74) is 0. The van der Waals surface area contributed by atoms with E-state index in [1.807, 2.05) is 0 Å². The number of nitrogens with one attached hydrogen (secondary N) is 1. The van der Waals surface area contributed by atoms with Gasteiger partial charge in [0.25, 0.3) is 0 Å². The molecule has 0 spiro atoms. The van der Waals surface area contributed by atoms with E-state index in [0.717, 1.165) is 12.6 Å². The molecule has 2 atom stereocenters. The molecule has 3 heteroatoms. The molecule has 1 aliphatic rings. The lowest BCUT2D eigenvalue weighted by Crippen LogP contribution is -2.41. The topological polar surface area (TPSA) is 18.5 Å². The van der Waals surface area contributed by atoms with Crippen molar-refractivity contribution in [1.82, 2.24) is 15.1 Å². The van der Waals surface area contributed by atoms with Crippen molar-refractivity contribution in [3.8, 4) is 0 Å². The number of nitrogens with zero attached hydrogens (tertiary/aromatic N) is 2. The monoisotopic (exact) mass is 227 g/mol. The van der Waals surface area contributed by atoms with Gasteiger partial charge in [-0.1, -0.05) is 20.3 Å². The van der Waals surface area contributed by atoms with E-state index in [1.165, 1.54) is 38.9 Å². The maximum atomic E-state index is 3.60. The largest absolute Gasteiger partial charge is 0.313 e. The van der Waals surface area contributed by atoms with Gasteiger partial charge in [0.15, 0.2) is 0 Å². The lowest BCUT2D eigenvalue weighted by molar-refractivity contribution is 0.246. The number of likely N-dealkylation sites (tertiary alicyclic amines) is 1. The Morgan fingerprint density at radius 1 is 1.38 bits per heavy atom. The fraction of sp³-hybridized carbons (Fsp3) is 1.00. The van der Waals surface area contributed by atoms with E-state index in [2.05, 4.69) is 43.1 Å². The number of hydrogen-bond acceptors (Lipinski definition) is 3. The molecule has 0 aromatic carbocycles. The van der Waals surface area contributed by atoms with E-state index in [0.29, 0.717) is 6.04 Å². The van der Waals surface area contributed by atoms with Crippen LogP contribution < -0.4 is 5.32 Å². The molecule has 1 saturated heterocycles. The van der Waals surface area contributed by atoms with E-state index < -0.39 is 0 Å². The van der Waals surface area contributed by atoms with Crippen molar-refractivity contribution in [2.24, 2.45) is 0 Å². The van der Waals surface area contributed by atoms with Gasteiger partial charge in [-0.3, -0.25) is 0 Å². The highest BCUT2D eigenvalue weighted by atomic mass is 15.2. The molecule has 0 saturated carbocycles. The molecule has 1 heterocycles. The summed E-state index contributed by atoms with van der Waals surface area (Å²) in [6.45, 7) is 9.32. The smallest absolute Gasteiger partial charge is 0.0229 e. The van der Waals surface area contributed by atoms with Crippen LogP contribution in [0.1, 0.15) is 33.1 Å². The van der Waals surface area contributed by atoms with Gasteiger partial charge in [-0.25, -0.2) is 0 Å². The predicted molar refractivity (Wildman–Crippen MR) is 70.9 cm³/mol. The Morgan fingerprint density at radius 3 is 2.62 bits per heavy atom. The molecular formula is C13H29N3. The quantitative estimate of drug-likeness (QED) is 0.709. The van der Waals surface area contributed by atoms with Crippen LogP contribution in [0.25, 0.3) is 0 Å². The van der Waals surface area contributed by atoms with Crippen molar-refractivity contribution >= 4 is 0 Å². The summed E-state index contributed by atoms with van der Waals surface area (Å²) in [7, 11) is 4.39. The van der Waals surface area contributed by atoms with Gasteiger partial charge in [-0.15, -0.1) is 0 Å². The van der Waals surface area contributed by atoms with Crippen LogP contribution >= 0.6 is 0 Å². The van der Waals surface area contributed by atoms with Crippen LogP contribution in [-0.2, 0) is 0 Å². The van der Waals surface area contributed by atoms with Crippen molar-refractivity contribution in [3.63, 3.8) is 0 Å². The lowest BCUT2D eigenvalue weighted by atomic mass is 10.1. The van der Waals surface area contributed by atoms with Gasteiger partial charge in [-0.2, -0.15) is 0 Å². The molecule has 0 radical (unpaired) electrons. The predicted octanol–water partition coefficient (Wildman–Crippen LogP) is 1.40. The fourth-order valence-electron chi connectivity index (χ4n) is 2.61. The van der Waals surface area contributed by atoms with Crippen molar-refractivity contribution in [1.29, 1.82) is 0 Å². The maximum absolute atomic E-state index is 3.60. The summed E-state index contributed by atoms with van der Waals surface area (Å²) in [6, 6.07) is 1.46. The van der Waals surface area contributed by atoms with Crippen molar-refractivity contribution in [2.45, 2.75) is 45.2 Å². The summed E-state index contributed by atoms with van der Waals surface area (Å²) in [5.74, 6) is 0. The van der Waals surface area contributed by atoms with Crippen LogP contribution in [0, 0.1) is 0 Å². The Morgan fingerprint density at radius 2 is 2.12 bits per heavy atom. The van der Waals surface area contributed by atoms with E-state index in [1.54, 1.807) is 0 Å². The zero-order chi connectivity index (χ0) is 12.0. The third-order valence-corrected chi connectivity index (χ3v) is 3.59. The highest BCUT2D eigenvalue weighted by molar-refractivity contribution is 4.83. The first-order chi connectivity index (χ1) is 7.67. The van der Waals surface area contributed by atoms with E-state index >= 15 is 0 Å². The average Bonchev–Trinajstić information content (AvgIpc) is 2.67. The SMILES string of the molecule is CCCC(CN1CCC(N(C)C)C1)NCC. The second-order valence-electron chi connectivity index (χ2n) is 5.21. The summed E-state index contributed by atoms with van der Waals surface area (Å²) < 4.78 is 0. The lowest BCUT2D eigenvalue weighted by Gasteiger charge is -2.25. The van der Waals surface area contributed by atoms with Crippen LogP contribution in [-0.4, -0.2) is 62.2 Å². The van der Waals surface area contributed by atoms with E-state index in [-0.39, 0.29) is 0 Å². The van der Waals surface area contributed by atoms with Crippen molar-refractivity contribution in [2.75, 3.05) is 40.3 Å². The minimum absolute atomic E-state index is 0.691. The Hall–Kier alpha value is -0.120. The molecule has 0 aromatic heterocycles. The Kier molecular flexibility index (Phi) is 6.32. The second kappa shape index (κ2) is 7.25. The molecule has 1 N–H and O–H groups in total. The zero-order valence-corrected chi connectivity index (χ0v) is 11.5. The maximum Gasteiger partial charge on any atom is 0.0229 e. The number of likely N-dealkylation sites (N-methyl/N-ethyl adjacent to an activating group) is 2. The summed E-state index contributed by atoms with van der Waals surface area (Å²) >= 11 is 0. The van der Waals surface area contributed by atoms with Crippen LogP contribution in [0.3, 0.4) is 0 Å². The molecule has 0 aromatic rings. The van der Waals surface area contributed by atoms with E-state index in [9.17, 15) is 0 Å². The molecular weight excluding hydrogens is 198 g/mol. The Labute approximate surface area is 101 Å². The molecule has 2 unspecified atom stereocenters. The Bertz CT molecular complexity index is 176. The average molecular weight is 227 g/mol. The summed E-state index contributed by atoms with van der Waals surface area (Å²) in [4.78, 5) is 4.98. The van der Waals surface area contributed by atoms with Crippen molar-refractivity contribution in [3.05, 3.63) is 0 Å². The highest BCUT2D eigenvalue weighted by Crippen LogP contribution is 2.14. The molecule has 0 bridgehead atoms. The summed E-state index contributed by atoms with van der Waals surface area (Å²) in [5, 5.41) is 3.60. The second-order valence-corrected chi connectivity index (χ2v) is 5.21. The first-order valence-electron chi connectivity index (χ1n) is 6.79. The van der Waals surface area contributed by atoms with Crippen molar-refractivity contribution < 1.29 is 0 Å². The molecule has 1 fully saturated rings. The van der Waals surface area contributed by atoms with Crippen LogP contribution in [0.5, 0.6) is 0 Å². The molecule has 0 aliphatic carbocycles. The van der Waals surface area contributed by atoms with E-state index in [4.69, 9.17) is 0 Å². The van der Waals surface area contributed by atoms with Crippen LogP contribution in [0.15, 0.2) is 0 Å². The van der Waals surface area contributed by atoms with Gasteiger partial charge in [0.1, 0.15) is 0 Å². The molecule has 16 heavy (non-hydrogen) atoms. The first kappa shape index (κ1) is 13.9. The minimum atomic E-state index is 0.691. The minimum Gasteiger partial charge on any atom is -0.313 e. The molecule has 96 valence electrons. The molecule has 0 amide bonds. The van der Waals surface area contributed by atoms with Crippen LogP contribution in [0.4, 0.5) is 0 Å². The van der Waals surface area contributed by atoms with Gasteiger partial charge in [0.05, 0.1) is 0 Å². The molecule has 3 nitrogen and oxygen atoms in total. The van der Waals surface area contributed by atoms with Gasteiger partial charge in [-0.05, 0) is 40.0 Å². The fourth-order valence-corrected chi connectivity index (χ4v) is 2.61. The zero-order valence-electron chi connectivity index (χ0n) is 11.5. The first-order valence-corrected chi connectivity index (χ1v) is 6.79. The van der Waals surface area contributed by atoms with Crippen LogP contribution in [0.2, 0.25) is 0 Å².